The second kappa shape index (κ2) is 6.12. The lowest BCUT2D eigenvalue weighted by atomic mass is 10.1. The van der Waals surface area contributed by atoms with Crippen molar-refractivity contribution in [1.82, 2.24) is 0 Å². The summed E-state index contributed by atoms with van der Waals surface area (Å²) in [5, 5.41) is 0.380. The molecule has 0 radical (unpaired) electrons. The van der Waals surface area contributed by atoms with Crippen molar-refractivity contribution in [3.63, 3.8) is 0 Å². The molecule has 1 unspecified atom stereocenters. The Hall–Kier alpha value is -0.190. The van der Waals surface area contributed by atoms with Crippen molar-refractivity contribution in [2.75, 3.05) is 17.3 Å². The van der Waals surface area contributed by atoms with Gasteiger partial charge in [0, 0.05) is 28.7 Å². The molecule has 0 aliphatic carbocycles. The molecule has 1 aromatic rings. The minimum absolute atomic E-state index is 0.0174. The Morgan fingerprint density at radius 2 is 2.29 bits per heavy atom. The van der Waals surface area contributed by atoms with Gasteiger partial charge in [0.2, 0.25) is 0 Å². The van der Waals surface area contributed by atoms with Crippen LogP contribution in [0.5, 0.6) is 0 Å². The normalized spacial score (nSPS) is 20.2. The van der Waals surface area contributed by atoms with E-state index in [1.807, 2.05) is 0 Å². The van der Waals surface area contributed by atoms with Crippen LogP contribution in [0.3, 0.4) is 0 Å². The van der Waals surface area contributed by atoms with E-state index in [-0.39, 0.29) is 23.3 Å². The molecule has 17 heavy (non-hydrogen) atoms. The highest BCUT2D eigenvalue weighted by atomic mass is 35.5. The predicted molar refractivity (Wildman–Crippen MR) is 73.7 cm³/mol. The zero-order valence-corrected chi connectivity index (χ0v) is 11.5. The third-order valence-electron chi connectivity index (χ3n) is 2.55. The Bertz CT molecular complexity index is 419. The second-order valence-electron chi connectivity index (χ2n) is 3.81. The largest absolute Gasteiger partial charge is 0.298 e. The number of thioether (sulfide) groups is 2. The van der Waals surface area contributed by atoms with E-state index >= 15 is 0 Å². The quantitative estimate of drug-likeness (QED) is 0.849. The first kappa shape index (κ1) is 13.2. The number of halogens is 2. The summed E-state index contributed by atoms with van der Waals surface area (Å²) in [5.74, 6) is 2.68. The first-order valence-electron chi connectivity index (χ1n) is 5.33. The Morgan fingerprint density at radius 1 is 1.47 bits per heavy atom. The molecule has 0 N–H and O–H groups in total. The third-order valence-corrected chi connectivity index (χ3v) is 5.59. The summed E-state index contributed by atoms with van der Waals surface area (Å²) in [6.45, 7) is 0. The molecule has 1 aliphatic rings. The summed E-state index contributed by atoms with van der Waals surface area (Å²) in [6, 6.07) is 4.47. The summed E-state index contributed by atoms with van der Waals surface area (Å²) in [5.41, 5.74) is 0.440. The number of hydrogen-bond acceptors (Lipinski definition) is 3. The highest BCUT2D eigenvalue weighted by Crippen LogP contribution is 2.26. The molecule has 1 aliphatic heterocycles. The van der Waals surface area contributed by atoms with Crippen molar-refractivity contribution in [2.45, 2.75) is 11.7 Å². The Balaban J connectivity index is 2.02. The van der Waals surface area contributed by atoms with E-state index in [9.17, 15) is 9.18 Å². The zero-order chi connectivity index (χ0) is 12.3. The van der Waals surface area contributed by atoms with Crippen LogP contribution in [0.1, 0.15) is 5.56 Å². The summed E-state index contributed by atoms with van der Waals surface area (Å²) < 4.78 is 13.5. The Kier molecular flexibility index (Phi) is 4.77. The average molecular weight is 291 g/mol. The first-order valence-corrected chi connectivity index (χ1v) is 7.91. The maximum absolute atomic E-state index is 13.5. The van der Waals surface area contributed by atoms with Gasteiger partial charge in [0.15, 0.2) is 5.78 Å². The molecule has 0 aromatic heterocycles. The van der Waals surface area contributed by atoms with Gasteiger partial charge in [0.25, 0.3) is 0 Å². The molecule has 5 heteroatoms. The molecule has 1 nitrogen and oxygen atoms in total. The maximum atomic E-state index is 13.5. The number of Topliss-reactive ketones (excluding diaryl/α,β-unsaturated/α-hetero) is 1. The van der Waals surface area contributed by atoms with Crippen LogP contribution in [-0.2, 0) is 11.2 Å². The topological polar surface area (TPSA) is 17.1 Å². The van der Waals surface area contributed by atoms with Crippen LogP contribution < -0.4 is 0 Å². The lowest BCUT2D eigenvalue weighted by molar-refractivity contribution is -0.117. The minimum Gasteiger partial charge on any atom is -0.298 e. The summed E-state index contributed by atoms with van der Waals surface area (Å²) in [7, 11) is 0. The van der Waals surface area contributed by atoms with E-state index in [1.54, 1.807) is 35.7 Å². The van der Waals surface area contributed by atoms with Gasteiger partial charge >= 0.3 is 0 Å². The van der Waals surface area contributed by atoms with Crippen molar-refractivity contribution < 1.29 is 9.18 Å². The van der Waals surface area contributed by atoms with E-state index in [4.69, 9.17) is 11.6 Å². The molecule has 1 atom stereocenters. The van der Waals surface area contributed by atoms with E-state index in [2.05, 4.69) is 0 Å². The van der Waals surface area contributed by atoms with Crippen molar-refractivity contribution in [3.8, 4) is 0 Å². The molecule has 1 saturated heterocycles. The molecule has 0 amide bonds. The molecule has 0 bridgehead atoms. The van der Waals surface area contributed by atoms with Crippen molar-refractivity contribution >= 4 is 40.9 Å². The Morgan fingerprint density at radius 3 is 2.94 bits per heavy atom. The molecule has 0 spiro atoms. The number of carbonyl (C=O) groups is 1. The highest BCUT2D eigenvalue weighted by molar-refractivity contribution is 8.07. The van der Waals surface area contributed by atoms with Crippen LogP contribution >= 0.6 is 35.1 Å². The standard InChI is InChI=1S/C12H12ClFOS2/c13-9-2-1-8(10(14)6-9)5-11(15)12-7-16-3-4-17-12/h1-2,6,12H,3-5,7H2. The zero-order valence-electron chi connectivity index (χ0n) is 9.12. The van der Waals surface area contributed by atoms with Gasteiger partial charge in [-0.3, -0.25) is 4.79 Å². The van der Waals surface area contributed by atoms with Gasteiger partial charge in [0.05, 0.1) is 5.25 Å². The van der Waals surface area contributed by atoms with Crippen LogP contribution in [0, 0.1) is 5.82 Å². The van der Waals surface area contributed by atoms with E-state index in [0.29, 0.717) is 10.6 Å². The molecule has 92 valence electrons. The minimum atomic E-state index is -0.390. The second-order valence-corrected chi connectivity index (χ2v) is 6.71. The fourth-order valence-corrected chi connectivity index (χ4v) is 4.45. The van der Waals surface area contributed by atoms with Crippen LogP contribution in [0.2, 0.25) is 5.02 Å². The molecule has 2 rings (SSSR count). The highest BCUT2D eigenvalue weighted by Gasteiger charge is 2.22. The summed E-state index contributed by atoms with van der Waals surface area (Å²) in [6.07, 6.45) is 0.168. The molecular formula is C12H12ClFOS2. The van der Waals surface area contributed by atoms with Gasteiger partial charge in [0.1, 0.15) is 5.82 Å². The molecule has 0 saturated carbocycles. The first-order chi connectivity index (χ1) is 8.16. The predicted octanol–water partition coefficient (Wildman–Crippen LogP) is 3.44. The number of hydrogen-bond donors (Lipinski definition) is 0. The van der Waals surface area contributed by atoms with Crippen molar-refractivity contribution in [1.29, 1.82) is 0 Å². The fraction of sp³-hybridized carbons (Fsp3) is 0.417. The fourth-order valence-electron chi connectivity index (χ4n) is 1.64. The number of benzene rings is 1. The van der Waals surface area contributed by atoms with Gasteiger partial charge in [-0.05, 0) is 17.7 Å². The number of carbonyl (C=O) groups excluding carboxylic acids is 1. The van der Waals surface area contributed by atoms with Crippen molar-refractivity contribution in [3.05, 3.63) is 34.6 Å². The molecule has 1 heterocycles. The van der Waals surface area contributed by atoms with Gasteiger partial charge in [-0.2, -0.15) is 11.8 Å². The summed E-state index contributed by atoms with van der Waals surface area (Å²) in [4.78, 5) is 12.0. The van der Waals surface area contributed by atoms with Gasteiger partial charge < -0.3 is 0 Å². The maximum Gasteiger partial charge on any atom is 0.151 e. The van der Waals surface area contributed by atoms with E-state index in [1.165, 1.54) is 6.07 Å². The van der Waals surface area contributed by atoms with Crippen molar-refractivity contribution in [2.24, 2.45) is 0 Å². The monoisotopic (exact) mass is 290 g/mol. The van der Waals surface area contributed by atoms with Crippen LogP contribution in [0.4, 0.5) is 4.39 Å². The summed E-state index contributed by atoms with van der Waals surface area (Å²) >= 11 is 9.14. The van der Waals surface area contributed by atoms with Crippen LogP contribution in [0.25, 0.3) is 0 Å². The van der Waals surface area contributed by atoms with Gasteiger partial charge in [-0.1, -0.05) is 17.7 Å². The van der Waals surface area contributed by atoms with Gasteiger partial charge in [-0.25, -0.2) is 4.39 Å². The number of ketones is 1. The smallest absolute Gasteiger partial charge is 0.151 e. The third kappa shape index (κ3) is 3.63. The number of rotatable bonds is 3. The van der Waals surface area contributed by atoms with Crippen LogP contribution in [0.15, 0.2) is 18.2 Å². The van der Waals surface area contributed by atoms with Gasteiger partial charge in [-0.15, -0.1) is 11.8 Å². The average Bonchev–Trinajstić information content (AvgIpc) is 2.34. The van der Waals surface area contributed by atoms with E-state index < -0.39 is 0 Å². The Labute approximate surface area is 113 Å². The lowest BCUT2D eigenvalue weighted by Crippen LogP contribution is -2.26. The molecule has 1 aromatic carbocycles. The molecular weight excluding hydrogens is 279 g/mol. The molecule has 1 fully saturated rings. The van der Waals surface area contributed by atoms with E-state index in [0.717, 1.165) is 17.3 Å². The van der Waals surface area contributed by atoms with Crippen LogP contribution in [-0.4, -0.2) is 28.3 Å². The SMILES string of the molecule is O=C(Cc1ccc(Cl)cc1F)C1CSCCS1. The lowest BCUT2D eigenvalue weighted by Gasteiger charge is -2.19.